The summed E-state index contributed by atoms with van der Waals surface area (Å²) in [6, 6.07) is 8.32. The van der Waals surface area contributed by atoms with Crippen LogP contribution in [0.15, 0.2) is 30.6 Å². The van der Waals surface area contributed by atoms with E-state index in [1.54, 1.807) is 0 Å². The first-order valence-electron chi connectivity index (χ1n) is 11.1. The summed E-state index contributed by atoms with van der Waals surface area (Å²) in [7, 11) is 0. The zero-order valence-electron chi connectivity index (χ0n) is 17.5. The molecule has 1 aliphatic carbocycles. The molecule has 3 N–H and O–H groups in total. The summed E-state index contributed by atoms with van der Waals surface area (Å²) in [5.41, 5.74) is 9.72. The Labute approximate surface area is 181 Å². The maximum atomic E-state index is 10.8. The number of pyridine rings is 2. The van der Waals surface area contributed by atoms with Crippen LogP contribution < -0.4 is 16.0 Å². The Morgan fingerprint density at radius 1 is 1.06 bits per heavy atom. The number of amides is 1. The normalized spacial score (nSPS) is 19.6. The third-order valence-corrected chi connectivity index (χ3v) is 6.52. The van der Waals surface area contributed by atoms with Crippen molar-refractivity contribution in [3.8, 4) is 11.4 Å². The average molecular weight is 418 g/mol. The molecule has 1 saturated carbocycles. The Kier molecular flexibility index (Phi) is 5.36. The summed E-state index contributed by atoms with van der Waals surface area (Å²) < 4.78 is 0. The Morgan fingerprint density at radius 3 is 2.77 bits per heavy atom. The molecule has 3 aromatic heterocycles. The lowest BCUT2D eigenvalue weighted by molar-refractivity contribution is -0.110. The number of aromatic nitrogens is 4. The molecular formula is C23H27N7O. The van der Waals surface area contributed by atoms with Gasteiger partial charge in [0, 0.05) is 19.1 Å². The number of nitrogens with one attached hydrogen (secondary N) is 1. The maximum Gasteiger partial charge on any atom is 0.207 e. The standard InChI is InChI=1S/C23H27N7O/c24-22-21-17(15-5-2-1-3-6-15)11-19(29-23(21)26-13-25-22)18-7-4-8-20(28-18)30-10-9-16(12-30)27-14-31/h4,7-8,11,13-16H,1-3,5-6,9-10,12H2,(H,27,31)(H2,24,25,26,29). The van der Waals surface area contributed by atoms with Gasteiger partial charge in [0.05, 0.1) is 16.8 Å². The van der Waals surface area contributed by atoms with E-state index in [4.69, 9.17) is 15.7 Å². The van der Waals surface area contributed by atoms with Crippen molar-refractivity contribution in [2.24, 2.45) is 0 Å². The van der Waals surface area contributed by atoms with Gasteiger partial charge in [0.1, 0.15) is 18.0 Å². The SMILES string of the molecule is Nc1ncnc2nc(-c3cccc(N4CCC(NC=O)C4)n3)cc(C3CCCCC3)c12. The first-order valence-corrected chi connectivity index (χ1v) is 11.1. The third-order valence-electron chi connectivity index (χ3n) is 6.52. The van der Waals surface area contributed by atoms with Gasteiger partial charge < -0.3 is 16.0 Å². The van der Waals surface area contributed by atoms with Crippen LogP contribution in [0.2, 0.25) is 0 Å². The second-order valence-corrected chi connectivity index (χ2v) is 8.49. The zero-order chi connectivity index (χ0) is 21.2. The lowest BCUT2D eigenvalue weighted by Crippen LogP contribution is -2.31. The van der Waals surface area contributed by atoms with Gasteiger partial charge in [-0.05, 0) is 48.9 Å². The predicted molar refractivity (Wildman–Crippen MR) is 121 cm³/mol. The molecule has 1 aliphatic heterocycles. The number of nitrogen functional groups attached to an aromatic ring is 1. The van der Waals surface area contributed by atoms with Crippen LogP contribution in [-0.2, 0) is 4.79 Å². The largest absolute Gasteiger partial charge is 0.383 e. The van der Waals surface area contributed by atoms with Crippen LogP contribution in [0.25, 0.3) is 22.4 Å². The molecular weight excluding hydrogens is 390 g/mol. The van der Waals surface area contributed by atoms with Crippen LogP contribution in [0.4, 0.5) is 11.6 Å². The first kappa shape index (κ1) is 19.7. The summed E-state index contributed by atoms with van der Waals surface area (Å²) in [4.78, 5) is 31.3. The molecule has 8 nitrogen and oxygen atoms in total. The molecule has 0 spiro atoms. The predicted octanol–water partition coefficient (Wildman–Crippen LogP) is 3.04. The van der Waals surface area contributed by atoms with E-state index in [0.717, 1.165) is 61.4 Å². The molecule has 0 aromatic carbocycles. The van der Waals surface area contributed by atoms with Gasteiger partial charge in [-0.15, -0.1) is 0 Å². The summed E-state index contributed by atoms with van der Waals surface area (Å²) in [5, 5.41) is 3.76. The lowest BCUT2D eigenvalue weighted by atomic mass is 9.82. The number of rotatable bonds is 5. The number of carbonyl (C=O) groups excluding carboxylic acids is 1. The molecule has 8 heteroatoms. The number of nitrogens with two attached hydrogens (primary N) is 1. The van der Waals surface area contributed by atoms with Crippen LogP contribution in [0.3, 0.4) is 0 Å². The van der Waals surface area contributed by atoms with Gasteiger partial charge in [0.2, 0.25) is 6.41 Å². The van der Waals surface area contributed by atoms with Gasteiger partial charge in [0.25, 0.3) is 0 Å². The van der Waals surface area contributed by atoms with Crippen molar-refractivity contribution in [1.82, 2.24) is 25.3 Å². The van der Waals surface area contributed by atoms with Crippen molar-refractivity contribution in [3.63, 3.8) is 0 Å². The van der Waals surface area contributed by atoms with Crippen molar-refractivity contribution >= 4 is 29.1 Å². The Bertz CT molecular complexity index is 1100. The number of carbonyl (C=O) groups is 1. The average Bonchev–Trinajstić information content (AvgIpc) is 3.28. The number of fused-ring (bicyclic) bond motifs is 1. The lowest BCUT2D eigenvalue weighted by Gasteiger charge is -2.24. The van der Waals surface area contributed by atoms with E-state index in [-0.39, 0.29) is 6.04 Å². The van der Waals surface area contributed by atoms with E-state index in [0.29, 0.717) is 17.4 Å². The minimum atomic E-state index is 0.166. The molecule has 1 amide bonds. The topological polar surface area (TPSA) is 110 Å². The van der Waals surface area contributed by atoms with Crippen LogP contribution in [0, 0.1) is 0 Å². The molecule has 3 aromatic rings. The van der Waals surface area contributed by atoms with Crippen molar-refractivity contribution in [2.75, 3.05) is 23.7 Å². The molecule has 160 valence electrons. The van der Waals surface area contributed by atoms with Crippen LogP contribution in [-0.4, -0.2) is 45.5 Å². The third kappa shape index (κ3) is 3.89. The second-order valence-electron chi connectivity index (χ2n) is 8.49. The first-order chi connectivity index (χ1) is 15.2. The molecule has 1 atom stereocenters. The van der Waals surface area contributed by atoms with E-state index in [1.807, 2.05) is 18.2 Å². The highest BCUT2D eigenvalue weighted by Gasteiger charge is 2.24. The van der Waals surface area contributed by atoms with E-state index < -0.39 is 0 Å². The summed E-state index contributed by atoms with van der Waals surface area (Å²) in [6.45, 7) is 1.63. The molecule has 2 aliphatic rings. The number of anilines is 2. The summed E-state index contributed by atoms with van der Waals surface area (Å²) >= 11 is 0. The van der Waals surface area contributed by atoms with Gasteiger partial charge in [-0.2, -0.15) is 0 Å². The molecule has 1 saturated heterocycles. The van der Waals surface area contributed by atoms with Crippen molar-refractivity contribution < 1.29 is 4.79 Å². The minimum Gasteiger partial charge on any atom is -0.383 e. The van der Waals surface area contributed by atoms with Crippen molar-refractivity contribution in [2.45, 2.75) is 50.5 Å². The Balaban J connectivity index is 1.54. The summed E-state index contributed by atoms with van der Waals surface area (Å²) in [5.74, 6) is 1.84. The van der Waals surface area contributed by atoms with Gasteiger partial charge in [-0.25, -0.2) is 19.9 Å². The van der Waals surface area contributed by atoms with E-state index >= 15 is 0 Å². The molecule has 5 rings (SSSR count). The fourth-order valence-corrected chi connectivity index (χ4v) is 4.93. The van der Waals surface area contributed by atoms with Gasteiger partial charge in [0.15, 0.2) is 5.65 Å². The molecule has 2 fully saturated rings. The fourth-order valence-electron chi connectivity index (χ4n) is 4.93. The van der Waals surface area contributed by atoms with Crippen molar-refractivity contribution in [1.29, 1.82) is 0 Å². The Hall–Kier alpha value is -3.29. The number of hydrogen-bond donors (Lipinski definition) is 2. The highest BCUT2D eigenvalue weighted by molar-refractivity contribution is 5.90. The minimum absolute atomic E-state index is 0.166. The van der Waals surface area contributed by atoms with E-state index in [9.17, 15) is 4.79 Å². The monoisotopic (exact) mass is 417 g/mol. The quantitative estimate of drug-likeness (QED) is 0.614. The van der Waals surface area contributed by atoms with E-state index in [1.165, 1.54) is 31.2 Å². The van der Waals surface area contributed by atoms with Crippen LogP contribution >= 0.6 is 0 Å². The fraction of sp³-hybridized carbons (Fsp3) is 0.435. The van der Waals surface area contributed by atoms with Gasteiger partial charge in [-0.1, -0.05) is 25.3 Å². The molecule has 4 heterocycles. The highest BCUT2D eigenvalue weighted by atomic mass is 16.1. The van der Waals surface area contributed by atoms with Crippen LogP contribution in [0.1, 0.15) is 50.0 Å². The second kappa shape index (κ2) is 8.45. The summed E-state index contributed by atoms with van der Waals surface area (Å²) in [6.07, 6.45) is 9.23. The maximum absolute atomic E-state index is 10.8. The smallest absolute Gasteiger partial charge is 0.207 e. The Morgan fingerprint density at radius 2 is 1.94 bits per heavy atom. The van der Waals surface area contributed by atoms with Gasteiger partial charge in [-0.3, -0.25) is 4.79 Å². The number of hydrogen-bond acceptors (Lipinski definition) is 7. The number of nitrogens with zero attached hydrogens (tertiary/aromatic N) is 5. The zero-order valence-corrected chi connectivity index (χ0v) is 17.5. The molecule has 31 heavy (non-hydrogen) atoms. The molecule has 0 radical (unpaired) electrons. The molecule has 1 unspecified atom stereocenters. The van der Waals surface area contributed by atoms with Crippen LogP contribution in [0.5, 0.6) is 0 Å². The van der Waals surface area contributed by atoms with Gasteiger partial charge >= 0.3 is 0 Å². The highest BCUT2D eigenvalue weighted by Crippen LogP contribution is 2.38. The van der Waals surface area contributed by atoms with E-state index in [2.05, 4.69) is 26.3 Å². The van der Waals surface area contributed by atoms with Crippen molar-refractivity contribution in [3.05, 3.63) is 36.2 Å². The molecule has 0 bridgehead atoms.